The van der Waals surface area contributed by atoms with Crippen molar-refractivity contribution in [3.8, 4) is 0 Å². The predicted molar refractivity (Wildman–Crippen MR) is 104 cm³/mol. The van der Waals surface area contributed by atoms with E-state index in [1.807, 2.05) is 0 Å². The molecule has 1 amide bonds. The van der Waals surface area contributed by atoms with E-state index in [1.165, 1.54) is 0 Å². The van der Waals surface area contributed by atoms with E-state index < -0.39 is 78.7 Å². The molecule has 1 aliphatic rings. The van der Waals surface area contributed by atoms with Crippen molar-refractivity contribution in [3.05, 3.63) is 22.3 Å². The Kier molecular flexibility index (Phi) is 10.3. The van der Waals surface area contributed by atoms with Gasteiger partial charge in [0.15, 0.2) is 18.3 Å². The first-order valence-electron chi connectivity index (χ1n) is 9.57. The lowest BCUT2D eigenvalue weighted by Crippen LogP contribution is -2.62. The largest absolute Gasteiger partial charge is 0.477 e. The van der Waals surface area contributed by atoms with E-state index in [1.54, 1.807) is 5.32 Å². The number of halogens is 3. The number of hydrogen-bond acceptors (Lipinski definition) is 11. The van der Waals surface area contributed by atoms with Crippen LogP contribution in [0.25, 0.3) is 10.4 Å². The molecule has 1 heterocycles. The van der Waals surface area contributed by atoms with Gasteiger partial charge in [-0.2, -0.15) is 13.2 Å². The molecule has 35 heavy (non-hydrogen) atoms. The third-order valence-electron chi connectivity index (χ3n) is 4.19. The summed E-state index contributed by atoms with van der Waals surface area (Å²) in [7, 11) is 0.938. The number of rotatable bonds is 9. The number of esters is 4. The molecule has 1 N–H and O–H groups in total. The molecule has 0 saturated heterocycles. The Morgan fingerprint density at radius 2 is 1.74 bits per heavy atom. The first-order valence-corrected chi connectivity index (χ1v) is 9.57. The van der Waals surface area contributed by atoms with Crippen molar-refractivity contribution in [2.45, 2.75) is 57.3 Å². The van der Waals surface area contributed by atoms with Crippen molar-refractivity contribution in [1.82, 2.24) is 5.32 Å². The van der Waals surface area contributed by atoms with Gasteiger partial charge in [0.25, 0.3) is 0 Å². The molecule has 0 saturated carbocycles. The Morgan fingerprint density at radius 3 is 2.20 bits per heavy atom. The SMILES string of the molecule is COC(=O)C1=C[C@H](N=[N+]=[N-])[C@@H](NC(=O)C(F)(F)F)[C@H]([C@H](OC(C)=O)[C@@H](COC(C)=O)OC(C)=O)O1. The number of methoxy groups -OCH3 is 1. The third-order valence-corrected chi connectivity index (χ3v) is 4.19. The molecule has 0 bridgehead atoms. The molecule has 0 aromatic heterocycles. The van der Waals surface area contributed by atoms with Crippen molar-refractivity contribution in [3.63, 3.8) is 0 Å². The van der Waals surface area contributed by atoms with Crippen LogP contribution in [0.5, 0.6) is 0 Å². The molecule has 0 aliphatic carbocycles. The fourth-order valence-corrected chi connectivity index (χ4v) is 2.92. The van der Waals surface area contributed by atoms with Gasteiger partial charge in [-0.1, -0.05) is 5.11 Å². The fraction of sp³-hybridized carbons (Fsp3) is 0.611. The van der Waals surface area contributed by atoms with E-state index in [0.717, 1.165) is 34.0 Å². The molecular formula is C18H21F3N4O10. The average Bonchev–Trinajstić information content (AvgIpc) is 2.74. The number of azide groups is 1. The summed E-state index contributed by atoms with van der Waals surface area (Å²) in [5, 5.41) is 4.83. The molecule has 0 aromatic rings. The van der Waals surface area contributed by atoms with E-state index in [0.29, 0.717) is 0 Å². The van der Waals surface area contributed by atoms with Gasteiger partial charge in [-0.3, -0.25) is 19.2 Å². The third kappa shape index (κ3) is 8.69. The first kappa shape index (κ1) is 29.0. The summed E-state index contributed by atoms with van der Waals surface area (Å²) in [5.41, 5.74) is 8.88. The van der Waals surface area contributed by atoms with Crippen LogP contribution in [0.15, 0.2) is 16.9 Å². The van der Waals surface area contributed by atoms with Gasteiger partial charge >= 0.3 is 36.0 Å². The molecule has 0 aromatic carbocycles. The number of hydrogen-bond donors (Lipinski definition) is 1. The topological polar surface area (TPSA) is 192 Å². The average molecular weight is 510 g/mol. The van der Waals surface area contributed by atoms with Crippen LogP contribution in [0, 0.1) is 0 Å². The molecule has 0 radical (unpaired) electrons. The lowest BCUT2D eigenvalue weighted by Gasteiger charge is -2.40. The number of ether oxygens (including phenoxy) is 5. The summed E-state index contributed by atoms with van der Waals surface area (Å²) in [6.45, 7) is 2.04. The van der Waals surface area contributed by atoms with E-state index in [9.17, 15) is 37.1 Å². The number of nitrogens with zero attached hydrogens (tertiary/aromatic N) is 3. The maximum Gasteiger partial charge on any atom is 0.471 e. The summed E-state index contributed by atoms with van der Waals surface area (Å²) >= 11 is 0. The van der Waals surface area contributed by atoms with Gasteiger partial charge in [-0.15, -0.1) is 0 Å². The molecule has 0 unspecified atom stereocenters. The quantitative estimate of drug-likeness (QED) is 0.151. The highest BCUT2D eigenvalue weighted by atomic mass is 19.4. The van der Waals surface area contributed by atoms with Gasteiger partial charge in [-0.05, 0) is 11.6 Å². The zero-order chi connectivity index (χ0) is 26.9. The maximum atomic E-state index is 13.0. The second kappa shape index (κ2) is 12.5. The van der Waals surface area contributed by atoms with Crippen LogP contribution in [0.2, 0.25) is 0 Å². The van der Waals surface area contributed by atoms with Crippen LogP contribution in [-0.2, 0) is 47.7 Å². The molecule has 14 nitrogen and oxygen atoms in total. The molecule has 1 rings (SSSR count). The summed E-state index contributed by atoms with van der Waals surface area (Å²) in [6.07, 6.45) is -10.2. The highest BCUT2D eigenvalue weighted by molar-refractivity contribution is 5.87. The fourth-order valence-electron chi connectivity index (χ4n) is 2.92. The molecule has 5 atom stereocenters. The van der Waals surface area contributed by atoms with E-state index in [4.69, 9.17) is 24.5 Å². The molecule has 1 aliphatic heterocycles. The summed E-state index contributed by atoms with van der Waals surface area (Å²) in [4.78, 5) is 61.0. The number of amides is 1. The summed E-state index contributed by atoms with van der Waals surface area (Å²) in [6, 6.07) is -3.63. The molecular weight excluding hydrogens is 489 g/mol. The lowest BCUT2D eigenvalue weighted by atomic mass is 9.92. The zero-order valence-corrected chi connectivity index (χ0v) is 18.7. The van der Waals surface area contributed by atoms with Crippen LogP contribution in [0.4, 0.5) is 13.2 Å². The van der Waals surface area contributed by atoms with Gasteiger partial charge in [-0.25, -0.2) is 4.79 Å². The van der Waals surface area contributed by atoms with Gasteiger partial charge < -0.3 is 29.0 Å². The number of nitrogens with one attached hydrogen (secondary N) is 1. The van der Waals surface area contributed by atoms with Gasteiger partial charge in [0.1, 0.15) is 6.61 Å². The van der Waals surface area contributed by atoms with Crippen LogP contribution in [0.3, 0.4) is 0 Å². The van der Waals surface area contributed by atoms with Gasteiger partial charge in [0.2, 0.25) is 5.76 Å². The Bertz CT molecular complexity index is 932. The maximum absolute atomic E-state index is 13.0. The lowest BCUT2D eigenvalue weighted by molar-refractivity contribution is -0.190. The van der Waals surface area contributed by atoms with Crippen LogP contribution in [0.1, 0.15) is 20.8 Å². The van der Waals surface area contributed by atoms with Crippen molar-refractivity contribution >= 4 is 29.8 Å². The second-order valence-electron chi connectivity index (χ2n) is 6.82. The zero-order valence-electron chi connectivity index (χ0n) is 18.7. The highest BCUT2D eigenvalue weighted by Gasteiger charge is 2.50. The Hall–Kier alpha value is -4.01. The van der Waals surface area contributed by atoms with Crippen LogP contribution in [-0.4, -0.2) is 80.1 Å². The number of carbonyl (C=O) groups excluding carboxylic acids is 5. The standard InChI is InChI=1S/C18H21F3N4O10/c1-7(26)32-6-12(33-8(2)27)14(34-9(3)28)15-13(23-17(30)18(19,20)21)10(24-25-22)5-11(35-15)16(29)31-4/h5,10,12-15H,6H2,1-4H3,(H,23,30)/t10-,12+,13+,14+,15+/m0/s1. The summed E-state index contributed by atoms with van der Waals surface area (Å²) in [5.74, 6) is -7.25. The molecule has 0 fully saturated rings. The molecule has 0 spiro atoms. The minimum absolute atomic E-state index is 0.682. The van der Waals surface area contributed by atoms with Crippen molar-refractivity contribution in [2.75, 3.05) is 13.7 Å². The van der Waals surface area contributed by atoms with Crippen molar-refractivity contribution < 1.29 is 60.8 Å². The summed E-state index contributed by atoms with van der Waals surface area (Å²) < 4.78 is 63.8. The van der Waals surface area contributed by atoms with E-state index in [-0.39, 0.29) is 0 Å². The normalized spacial score (nSPS) is 21.0. The Balaban J connectivity index is 3.68. The molecule has 17 heteroatoms. The van der Waals surface area contributed by atoms with E-state index in [2.05, 4.69) is 14.8 Å². The smallest absolute Gasteiger partial charge is 0.471 e. The van der Waals surface area contributed by atoms with Gasteiger partial charge in [0.05, 0.1) is 19.2 Å². The second-order valence-corrected chi connectivity index (χ2v) is 6.82. The number of alkyl halides is 3. The Morgan fingerprint density at radius 1 is 1.14 bits per heavy atom. The van der Waals surface area contributed by atoms with Crippen LogP contribution < -0.4 is 5.32 Å². The molecule has 194 valence electrons. The van der Waals surface area contributed by atoms with Gasteiger partial charge in [0, 0.05) is 25.7 Å². The van der Waals surface area contributed by atoms with Crippen molar-refractivity contribution in [2.24, 2.45) is 5.11 Å². The minimum Gasteiger partial charge on any atom is -0.477 e. The van der Waals surface area contributed by atoms with E-state index >= 15 is 0 Å². The Labute approximate surface area is 195 Å². The predicted octanol–water partition coefficient (Wildman–Crippen LogP) is 0.595. The minimum atomic E-state index is -5.40. The van der Waals surface area contributed by atoms with Crippen molar-refractivity contribution in [1.29, 1.82) is 0 Å². The first-order chi connectivity index (χ1) is 16.2. The monoisotopic (exact) mass is 510 g/mol. The highest BCUT2D eigenvalue weighted by Crippen LogP contribution is 2.29. The number of carbonyl (C=O) groups is 5. The van der Waals surface area contributed by atoms with Crippen LogP contribution >= 0.6 is 0 Å².